The number of carbonyl (C=O) groups excluding carboxylic acids is 1. The molecule has 0 bridgehead atoms. The molecule has 1 fully saturated rings. The third-order valence-electron chi connectivity index (χ3n) is 5.07. The number of nitrogens with one attached hydrogen (secondary N) is 1. The average Bonchev–Trinajstić information content (AvgIpc) is 3.15. The van der Waals surface area contributed by atoms with Crippen molar-refractivity contribution < 1.29 is 9.53 Å². The van der Waals surface area contributed by atoms with Gasteiger partial charge in [0.05, 0.1) is 17.3 Å². The van der Waals surface area contributed by atoms with Crippen molar-refractivity contribution in [2.45, 2.75) is 38.7 Å². The van der Waals surface area contributed by atoms with E-state index in [1.807, 2.05) is 19.1 Å². The molecule has 4 rings (SSSR count). The van der Waals surface area contributed by atoms with Crippen LogP contribution in [-0.4, -0.2) is 22.0 Å². The lowest BCUT2D eigenvalue weighted by Crippen LogP contribution is -2.15. The predicted octanol–water partition coefficient (Wildman–Crippen LogP) is 3.68. The average molecular weight is 377 g/mol. The maximum absolute atomic E-state index is 11.6. The lowest BCUT2D eigenvalue weighted by Gasteiger charge is -2.19. The summed E-state index contributed by atoms with van der Waals surface area (Å²) in [6, 6.07) is 8.88. The van der Waals surface area contributed by atoms with Crippen molar-refractivity contribution in [2.24, 2.45) is 5.73 Å². The lowest BCUT2D eigenvalue weighted by molar-refractivity contribution is 0.0999. The molecule has 5 N–H and O–H groups in total. The first-order valence-electron chi connectivity index (χ1n) is 9.39. The van der Waals surface area contributed by atoms with E-state index in [0.717, 1.165) is 47.8 Å². The fraction of sp³-hybridized carbons (Fsp3) is 0.286. The number of hydrogen-bond acceptors (Lipinski definition) is 6. The molecule has 0 unspecified atom stereocenters. The van der Waals surface area contributed by atoms with E-state index in [1.54, 1.807) is 18.2 Å². The number of nitrogens with two attached hydrogens (primary N) is 2. The van der Waals surface area contributed by atoms with E-state index in [1.165, 1.54) is 6.33 Å². The van der Waals surface area contributed by atoms with Crippen molar-refractivity contribution >= 4 is 34.0 Å². The molecule has 3 aromatic rings. The number of amides is 1. The number of aromatic nitrogens is 2. The summed E-state index contributed by atoms with van der Waals surface area (Å²) in [5.74, 6) is 0.773. The van der Waals surface area contributed by atoms with Gasteiger partial charge in [-0.15, -0.1) is 0 Å². The molecule has 2 aromatic carbocycles. The number of aryl methyl sites for hydroxylation is 1. The Morgan fingerprint density at radius 3 is 2.71 bits per heavy atom. The highest BCUT2D eigenvalue weighted by Crippen LogP contribution is 2.35. The summed E-state index contributed by atoms with van der Waals surface area (Å²) in [4.78, 5) is 20.4. The van der Waals surface area contributed by atoms with Gasteiger partial charge in [0, 0.05) is 16.6 Å². The van der Waals surface area contributed by atoms with Crippen molar-refractivity contribution in [2.75, 3.05) is 11.1 Å². The van der Waals surface area contributed by atoms with Crippen molar-refractivity contribution in [3.8, 4) is 5.75 Å². The zero-order valence-corrected chi connectivity index (χ0v) is 15.7. The molecule has 1 aliphatic rings. The molecular formula is C21H23N5O2. The molecule has 7 nitrogen and oxygen atoms in total. The number of rotatable bonds is 5. The zero-order valence-electron chi connectivity index (χ0n) is 15.7. The second kappa shape index (κ2) is 7.34. The Morgan fingerprint density at radius 2 is 1.96 bits per heavy atom. The summed E-state index contributed by atoms with van der Waals surface area (Å²) < 4.78 is 6.20. The third-order valence-corrected chi connectivity index (χ3v) is 5.07. The number of primary amides is 1. The van der Waals surface area contributed by atoms with Crippen LogP contribution in [-0.2, 0) is 0 Å². The maximum atomic E-state index is 11.6. The monoisotopic (exact) mass is 377 g/mol. The van der Waals surface area contributed by atoms with Crippen LogP contribution >= 0.6 is 0 Å². The highest BCUT2D eigenvalue weighted by Gasteiger charge is 2.20. The van der Waals surface area contributed by atoms with Gasteiger partial charge in [-0.1, -0.05) is 0 Å². The Hall–Kier alpha value is -3.35. The van der Waals surface area contributed by atoms with E-state index in [0.29, 0.717) is 22.8 Å². The minimum atomic E-state index is -0.485. The number of carbonyl (C=O) groups is 1. The van der Waals surface area contributed by atoms with Gasteiger partial charge in [-0.05, 0) is 68.5 Å². The van der Waals surface area contributed by atoms with Crippen molar-refractivity contribution in [3.63, 3.8) is 0 Å². The van der Waals surface area contributed by atoms with Gasteiger partial charge in [0.1, 0.15) is 17.9 Å². The molecule has 1 aliphatic carbocycles. The Morgan fingerprint density at radius 1 is 1.18 bits per heavy atom. The summed E-state index contributed by atoms with van der Waals surface area (Å²) in [5, 5.41) is 4.24. The summed E-state index contributed by atoms with van der Waals surface area (Å²) in [5.41, 5.74) is 14.9. The van der Waals surface area contributed by atoms with Crippen molar-refractivity contribution in [3.05, 3.63) is 47.8 Å². The standard InChI is InChI=1S/C21H23N5O2/c1-12-8-14(22)10-17-19(12)21(25-11-24-17)26-16-7-6-13(20(23)27)9-18(16)28-15-4-2-3-5-15/h6-11,15H,2-5,22H2,1H3,(H2,23,27)(H,24,25,26). The summed E-state index contributed by atoms with van der Waals surface area (Å²) in [6.07, 6.45) is 5.97. The zero-order chi connectivity index (χ0) is 19.7. The molecule has 1 aromatic heterocycles. The fourth-order valence-corrected chi connectivity index (χ4v) is 3.70. The van der Waals surface area contributed by atoms with Crippen molar-refractivity contribution in [1.29, 1.82) is 0 Å². The van der Waals surface area contributed by atoms with Crippen LogP contribution in [0, 0.1) is 6.92 Å². The molecule has 0 atom stereocenters. The molecule has 1 saturated carbocycles. The minimum Gasteiger partial charge on any atom is -0.488 e. The van der Waals surface area contributed by atoms with Crippen LogP contribution in [0.4, 0.5) is 17.2 Å². The second-order valence-corrected chi connectivity index (χ2v) is 7.18. The first-order chi connectivity index (χ1) is 13.5. The molecule has 144 valence electrons. The number of anilines is 3. The molecular weight excluding hydrogens is 354 g/mol. The Balaban J connectivity index is 1.75. The molecule has 7 heteroatoms. The van der Waals surface area contributed by atoms with E-state index in [2.05, 4.69) is 15.3 Å². The third kappa shape index (κ3) is 3.55. The maximum Gasteiger partial charge on any atom is 0.248 e. The first kappa shape index (κ1) is 18.0. The van der Waals surface area contributed by atoms with Gasteiger partial charge < -0.3 is 21.5 Å². The van der Waals surface area contributed by atoms with E-state index < -0.39 is 5.91 Å². The SMILES string of the molecule is Cc1cc(N)cc2ncnc(Nc3ccc(C(N)=O)cc3OC3CCCC3)c12. The van der Waals surface area contributed by atoms with Gasteiger partial charge in [0.2, 0.25) is 5.91 Å². The normalized spacial score (nSPS) is 14.3. The molecule has 28 heavy (non-hydrogen) atoms. The lowest BCUT2D eigenvalue weighted by atomic mass is 10.1. The topological polar surface area (TPSA) is 116 Å². The van der Waals surface area contributed by atoms with E-state index >= 15 is 0 Å². The Bertz CT molecular complexity index is 1040. The smallest absolute Gasteiger partial charge is 0.248 e. The number of nitrogen functional groups attached to an aromatic ring is 1. The summed E-state index contributed by atoms with van der Waals surface area (Å²) >= 11 is 0. The van der Waals surface area contributed by atoms with Crippen LogP contribution in [0.2, 0.25) is 0 Å². The number of hydrogen-bond donors (Lipinski definition) is 3. The van der Waals surface area contributed by atoms with Gasteiger partial charge in [-0.25, -0.2) is 9.97 Å². The predicted molar refractivity (Wildman–Crippen MR) is 110 cm³/mol. The minimum absolute atomic E-state index is 0.146. The fourth-order valence-electron chi connectivity index (χ4n) is 3.70. The Kier molecular flexibility index (Phi) is 4.73. The molecule has 0 spiro atoms. The highest BCUT2D eigenvalue weighted by atomic mass is 16.5. The van der Waals surface area contributed by atoms with Crippen molar-refractivity contribution in [1.82, 2.24) is 9.97 Å². The molecule has 1 heterocycles. The number of ether oxygens (including phenoxy) is 1. The number of fused-ring (bicyclic) bond motifs is 1. The molecule has 0 saturated heterocycles. The van der Waals surface area contributed by atoms with Crippen LogP contribution < -0.4 is 21.5 Å². The van der Waals surface area contributed by atoms with E-state index in [9.17, 15) is 4.79 Å². The molecule has 0 radical (unpaired) electrons. The summed E-state index contributed by atoms with van der Waals surface area (Å²) in [7, 11) is 0. The largest absolute Gasteiger partial charge is 0.488 e. The summed E-state index contributed by atoms with van der Waals surface area (Å²) in [6.45, 7) is 1.97. The number of benzene rings is 2. The van der Waals surface area contributed by atoms with Gasteiger partial charge in [0.15, 0.2) is 0 Å². The van der Waals surface area contributed by atoms with E-state index in [4.69, 9.17) is 16.2 Å². The van der Waals surface area contributed by atoms with Crippen LogP contribution in [0.5, 0.6) is 5.75 Å². The quantitative estimate of drug-likeness (QED) is 0.584. The highest BCUT2D eigenvalue weighted by molar-refractivity contribution is 5.97. The van der Waals surface area contributed by atoms with Crippen LogP contribution in [0.1, 0.15) is 41.6 Å². The van der Waals surface area contributed by atoms with Crippen LogP contribution in [0.25, 0.3) is 10.9 Å². The van der Waals surface area contributed by atoms with Gasteiger partial charge in [0.25, 0.3) is 0 Å². The second-order valence-electron chi connectivity index (χ2n) is 7.18. The van der Waals surface area contributed by atoms with Gasteiger partial charge in [-0.2, -0.15) is 0 Å². The molecule has 0 aliphatic heterocycles. The van der Waals surface area contributed by atoms with Gasteiger partial charge >= 0.3 is 0 Å². The first-order valence-corrected chi connectivity index (χ1v) is 9.39. The molecule has 1 amide bonds. The number of nitrogens with zero attached hydrogens (tertiary/aromatic N) is 2. The van der Waals surface area contributed by atoms with Gasteiger partial charge in [-0.3, -0.25) is 4.79 Å². The van der Waals surface area contributed by atoms with E-state index in [-0.39, 0.29) is 6.10 Å². The Labute approximate surface area is 163 Å². The van der Waals surface area contributed by atoms with Crippen LogP contribution in [0.15, 0.2) is 36.7 Å². The van der Waals surface area contributed by atoms with Crippen LogP contribution in [0.3, 0.4) is 0 Å².